The van der Waals surface area contributed by atoms with Crippen LogP contribution in [-0.4, -0.2) is 12.9 Å². The van der Waals surface area contributed by atoms with Gasteiger partial charge in [-0.1, -0.05) is 43.1 Å². The molecule has 1 nitrogen and oxygen atoms in total. The molecule has 6 aliphatic rings. The molecule has 2 heteroatoms. The minimum Gasteiger partial charge on any atom is -0.304 e. The largest absolute Gasteiger partial charge is 0.304 e. The van der Waals surface area contributed by atoms with Crippen LogP contribution in [0.5, 0.6) is 0 Å². The standard InChI is InChI=1S/C10H14.C10H12.C2H4O.CH5P/c2*1-2-9-7-4-5-8(6-7)10(9)3-1;1-2-3;1-2/h1-2,7-10H,3-6H2;1-2,4-5,7-10H,3,6H2;2H,1H3;2H2,1H3/i;;;1D2. The Morgan fingerprint density at radius 3 is 2.20 bits per heavy atom. The van der Waals surface area contributed by atoms with E-state index < -0.39 is 6.62 Å². The van der Waals surface area contributed by atoms with Crippen LogP contribution in [0, 0.1) is 47.3 Å². The van der Waals surface area contributed by atoms with Gasteiger partial charge in [0.15, 0.2) is 0 Å². The van der Waals surface area contributed by atoms with E-state index in [4.69, 9.17) is 7.54 Å². The van der Waals surface area contributed by atoms with Crippen molar-refractivity contribution in [2.75, 3.05) is 6.62 Å². The normalized spacial score (nSPS) is 46.2. The average Bonchev–Trinajstić information content (AvgIpc) is 3.47. The van der Waals surface area contributed by atoms with Gasteiger partial charge in [-0.2, -0.15) is 0 Å². The number of hydrogen-bond donors (Lipinski definition) is 0. The highest BCUT2D eigenvalue weighted by molar-refractivity contribution is 7.15. The fourth-order valence-corrected chi connectivity index (χ4v) is 6.47. The zero-order valence-electron chi connectivity index (χ0n) is 17.5. The van der Waals surface area contributed by atoms with Gasteiger partial charge in [0.1, 0.15) is 6.29 Å². The third-order valence-corrected chi connectivity index (χ3v) is 7.38. The van der Waals surface area contributed by atoms with Crippen LogP contribution >= 0.6 is 9.24 Å². The van der Waals surface area contributed by atoms with Crippen LogP contribution in [-0.2, 0) is 4.79 Å². The van der Waals surface area contributed by atoms with Crippen LogP contribution in [0.2, 0.25) is 0 Å². The first-order valence-corrected chi connectivity index (χ1v) is 10.7. The molecule has 0 N–H and O–H groups in total. The summed E-state index contributed by atoms with van der Waals surface area (Å²) >= 11 is 0. The SMILES string of the molecule is C1=CC2C3C=CC(C3)C2C1.C1=CC2C3CCC(C3)C2C1.CC=O.[2H]C([2H])P. The van der Waals surface area contributed by atoms with Gasteiger partial charge < -0.3 is 4.79 Å². The highest BCUT2D eigenvalue weighted by Crippen LogP contribution is 2.56. The van der Waals surface area contributed by atoms with Crippen LogP contribution in [0.4, 0.5) is 0 Å². The summed E-state index contributed by atoms with van der Waals surface area (Å²) in [5.41, 5.74) is 0. The molecular weight excluding hydrogens is 323 g/mol. The number of allylic oxidation sites excluding steroid dienone is 6. The Hall–Kier alpha value is -0.680. The van der Waals surface area contributed by atoms with Crippen molar-refractivity contribution in [3.05, 3.63) is 36.5 Å². The minimum atomic E-state index is -0.750. The summed E-state index contributed by atoms with van der Waals surface area (Å²) in [5, 5.41) is 0. The first-order chi connectivity index (χ1) is 13.0. The lowest BCUT2D eigenvalue weighted by Crippen LogP contribution is -2.16. The highest BCUT2D eigenvalue weighted by atomic mass is 31.0. The fraction of sp³-hybridized carbons (Fsp3) is 0.696. The molecule has 9 atom stereocenters. The molecule has 6 aliphatic carbocycles. The fourth-order valence-electron chi connectivity index (χ4n) is 6.47. The molecule has 6 rings (SSSR count). The molecule has 0 heterocycles. The summed E-state index contributed by atoms with van der Waals surface area (Å²) in [7, 11) is 1.99. The van der Waals surface area contributed by atoms with E-state index in [-0.39, 0.29) is 0 Å². The van der Waals surface area contributed by atoms with Gasteiger partial charge in [-0.15, -0.1) is 9.24 Å². The number of rotatable bonds is 0. The maximum Gasteiger partial charge on any atom is 0.116 e. The van der Waals surface area contributed by atoms with E-state index in [9.17, 15) is 0 Å². The monoisotopic (exact) mass is 360 g/mol. The van der Waals surface area contributed by atoms with Crippen molar-refractivity contribution in [1.29, 1.82) is 0 Å². The van der Waals surface area contributed by atoms with Crippen molar-refractivity contribution in [1.82, 2.24) is 0 Å². The molecule has 0 saturated heterocycles. The number of carbonyl (C=O) groups excluding carboxylic acids is 1. The quantitative estimate of drug-likeness (QED) is 0.308. The predicted octanol–water partition coefficient (Wildman–Crippen LogP) is 5.69. The summed E-state index contributed by atoms with van der Waals surface area (Å²) < 4.78 is 12.4. The van der Waals surface area contributed by atoms with Gasteiger partial charge in [0.2, 0.25) is 0 Å². The second-order valence-corrected chi connectivity index (χ2v) is 8.33. The summed E-state index contributed by atoms with van der Waals surface area (Å²) in [6.45, 7) is 0.694. The third-order valence-electron chi connectivity index (χ3n) is 7.38. The van der Waals surface area contributed by atoms with Gasteiger partial charge in [-0.05, 0) is 92.8 Å². The Morgan fingerprint density at radius 2 is 1.52 bits per heavy atom. The zero-order valence-corrected chi connectivity index (χ0v) is 16.6. The molecule has 0 aliphatic heterocycles. The molecule has 0 radical (unpaired) electrons. The summed E-state index contributed by atoms with van der Waals surface area (Å²) in [4.78, 5) is 8.81. The van der Waals surface area contributed by atoms with Gasteiger partial charge in [-0.25, -0.2) is 0 Å². The topological polar surface area (TPSA) is 17.1 Å². The van der Waals surface area contributed by atoms with Crippen LogP contribution in [0.3, 0.4) is 0 Å². The Labute approximate surface area is 159 Å². The van der Waals surface area contributed by atoms with Crippen LogP contribution < -0.4 is 0 Å². The van der Waals surface area contributed by atoms with E-state index in [1.165, 1.54) is 32.6 Å². The van der Waals surface area contributed by atoms with E-state index in [0.717, 1.165) is 53.6 Å². The second-order valence-electron chi connectivity index (χ2n) is 8.33. The van der Waals surface area contributed by atoms with Crippen molar-refractivity contribution in [3.63, 3.8) is 0 Å². The highest BCUT2D eigenvalue weighted by Gasteiger charge is 2.47. The molecule has 0 aromatic heterocycles. The molecule has 3 saturated carbocycles. The molecule has 9 unspecified atom stereocenters. The van der Waals surface area contributed by atoms with Crippen molar-refractivity contribution in [2.24, 2.45) is 47.3 Å². The van der Waals surface area contributed by atoms with Crippen molar-refractivity contribution >= 4 is 15.5 Å². The van der Waals surface area contributed by atoms with Crippen molar-refractivity contribution in [2.45, 2.75) is 45.4 Å². The van der Waals surface area contributed by atoms with Gasteiger partial charge >= 0.3 is 0 Å². The molecule has 4 bridgehead atoms. The van der Waals surface area contributed by atoms with Crippen LogP contribution in [0.15, 0.2) is 36.5 Å². The predicted molar refractivity (Wildman–Crippen MR) is 110 cm³/mol. The van der Waals surface area contributed by atoms with E-state index >= 15 is 0 Å². The third kappa shape index (κ3) is 3.73. The van der Waals surface area contributed by atoms with E-state index in [1.807, 2.05) is 9.24 Å². The molecule has 0 aromatic carbocycles. The molecule has 3 fully saturated rings. The number of aldehydes is 1. The maximum atomic E-state index is 8.81. The molecule has 0 aromatic rings. The van der Waals surface area contributed by atoms with Gasteiger partial charge in [0, 0.05) is 2.74 Å². The second kappa shape index (κ2) is 8.81. The van der Waals surface area contributed by atoms with Crippen molar-refractivity contribution in [3.8, 4) is 0 Å². The lowest BCUT2D eigenvalue weighted by atomic mass is 9.82. The first kappa shape index (κ1) is 16.5. The summed E-state index contributed by atoms with van der Waals surface area (Å²) in [5.74, 6) is 8.18. The first-order valence-electron chi connectivity index (χ1n) is 11.2. The number of hydrogen-bond acceptors (Lipinski definition) is 1. The van der Waals surface area contributed by atoms with E-state index in [1.54, 1.807) is 12.8 Å². The van der Waals surface area contributed by atoms with Crippen molar-refractivity contribution < 1.29 is 7.54 Å². The minimum absolute atomic E-state index is 0.750. The van der Waals surface area contributed by atoms with E-state index in [0.29, 0.717) is 0 Å². The Kier molecular flexibility index (Phi) is 5.81. The Morgan fingerprint density at radius 1 is 0.920 bits per heavy atom. The zero-order chi connectivity index (χ0) is 19.4. The molecule has 0 spiro atoms. The van der Waals surface area contributed by atoms with Gasteiger partial charge in [0.05, 0.1) is 0 Å². The lowest BCUT2D eigenvalue weighted by Gasteiger charge is -2.23. The van der Waals surface area contributed by atoms with E-state index in [2.05, 4.69) is 36.5 Å². The molecule has 25 heavy (non-hydrogen) atoms. The van der Waals surface area contributed by atoms with Crippen LogP contribution in [0.1, 0.15) is 48.2 Å². The summed E-state index contributed by atoms with van der Waals surface area (Å²) in [6.07, 6.45) is 24.2. The summed E-state index contributed by atoms with van der Waals surface area (Å²) in [6, 6.07) is 0. The lowest BCUT2D eigenvalue weighted by molar-refractivity contribution is -0.106. The average molecular weight is 361 g/mol. The molecule has 138 valence electrons. The van der Waals surface area contributed by atoms with Crippen LogP contribution in [0.25, 0.3) is 0 Å². The Balaban J connectivity index is 0.000000118. The number of carbonyl (C=O) groups is 1. The Bertz CT molecular complexity index is 582. The smallest absolute Gasteiger partial charge is 0.116 e. The molecular formula is C23H35OP. The maximum absolute atomic E-state index is 8.81. The molecule has 0 amide bonds. The van der Waals surface area contributed by atoms with Gasteiger partial charge in [-0.3, -0.25) is 0 Å². The number of fused-ring (bicyclic) bond motifs is 10. The van der Waals surface area contributed by atoms with Gasteiger partial charge in [0.25, 0.3) is 0 Å².